The van der Waals surface area contributed by atoms with E-state index in [1.54, 1.807) is 13.2 Å². The fourth-order valence-corrected chi connectivity index (χ4v) is 4.63. The van der Waals surface area contributed by atoms with Gasteiger partial charge in [-0.2, -0.15) is 0 Å². The third-order valence-electron chi connectivity index (χ3n) is 6.27. The predicted octanol–water partition coefficient (Wildman–Crippen LogP) is 4.37. The van der Waals surface area contributed by atoms with Crippen LogP contribution in [-0.4, -0.2) is 35.1 Å². The first-order chi connectivity index (χ1) is 16.1. The molecule has 3 atom stereocenters. The van der Waals surface area contributed by atoms with Crippen molar-refractivity contribution in [3.63, 3.8) is 0 Å². The number of hydrogen-bond acceptors (Lipinski definition) is 7. The lowest BCUT2D eigenvalue weighted by molar-refractivity contribution is -0.394. The van der Waals surface area contributed by atoms with E-state index in [2.05, 4.69) is 23.7 Å². The Labute approximate surface area is 197 Å². The van der Waals surface area contributed by atoms with E-state index in [1.165, 1.54) is 6.08 Å². The smallest absolute Gasteiger partial charge is 0.340 e. The van der Waals surface area contributed by atoms with Crippen molar-refractivity contribution in [2.24, 2.45) is 11.3 Å². The van der Waals surface area contributed by atoms with E-state index in [4.69, 9.17) is 9.47 Å². The van der Waals surface area contributed by atoms with Gasteiger partial charge in [-0.05, 0) is 48.8 Å². The van der Waals surface area contributed by atoms with Gasteiger partial charge >= 0.3 is 5.97 Å². The highest BCUT2D eigenvalue weighted by Crippen LogP contribution is 2.48. The minimum Gasteiger partial charge on any atom is -0.441 e. The van der Waals surface area contributed by atoms with Crippen LogP contribution in [0.3, 0.4) is 0 Å². The quantitative estimate of drug-likeness (QED) is 0.208. The Morgan fingerprint density at radius 3 is 2.21 bits per heavy atom. The van der Waals surface area contributed by atoms with Gasteiger partial charge in [-0.15, -0.1) is 0 Å². The number of carbonyl (C=O) groups excluding carboxylic acids is 1. The molecule has 3 rings (SSSR count). The molecule has 176 valence electrons. The summed E-state index contributed by atoms with van der Waals surface area (Å²) in [6.45, 7) is 6.00. The minimum atomic E-state index is -0.969. The number of allylic oxidation sites excluding steroid dienone is 3. The molecule has 2 aliphatic rings. The molecule has 0 saturated heterocycles. The number of hydrogen-bond donors (Lipinski definition) is 0. The maximum absolute atomic E-state index is 13.1. The van der Waals surface area contributed by atoms with Gasteiger partial charge in [0.25, 0.3) is 11.4 Å². The number of nitro benzene ring substituents is 2. The zero-order chi connectivity index (χ0) is 25.0. The van der Waals surface area contributed by atoms with Crippen LogP contribution in [0, 0.1) is 55.2 Å². The van der Waals surface area contributed by atoms with Crippen LogP contribution in [0.25, 0.3) is 0 Å². The van der Waals surface area contributed by atoms with Crippen molar-refractivity contribution in [1.82, 2.24) is 0 Å². The first-order valence-electron chi connectivity index (χ1n) is 10.6. The van der Waals surface area contributed by atoms with Crippen molar-refractivity contribution < 1.29 is 24.1 Å². The third-order valence-corrected chi connectivity index (χ3v) is 6.27. The van der Waals surface area contributed by atoms with Crippen LogP contribution >= 0.6 is 0 Å². The molecule has 1 aromatic rings. The summed E-state index contributed by atoms with van der Waals surface area (Å²) >= 11 is 0. The second-order valence-corrected chi connectivity index (χ2v) is 8.67. The molecule has 0 aliphatic heterocycles. The van der Waals surface area contributed by atoms with Gasteiger partial charge in [0.05, 0.1) is 21.5 Å². The van der Waals surface area contributed by atoms with Gasteiger partial charge in [0.2, 0.25) is 0 Å². The zero-order valence-electron chi connectivity index (χ0n) is 19.3. The maximum atomic E-state index is 13.1. The van der Waals surface area contributed by atoms with Gasteiger partial charge < -0.3 is 9.47 Å². The fourth-order valence-electron chi connectivity index (χ4n) is 4.63. The molecule has 34 heavy (non-hydrogen) atoms. The van der Waals surface area contributed by atoms with Crippen LogP contribution in [-0.2, 0) is 9.47 Å². The highest BCUT2D eigenvalue weighted by atomic mass is 16.6. The second kappa shape index (κ2) is 9.90. The average molecular weight is 464 g/mol. The molecular weight excluding hydrogens is 440 g/mol. The highest BCUT2D eigenvalue weighted by Gasteiger charge is 2.45. The molecule has 1 aromatic carbocycles. The third kappa shape index (κ3) is 5.00. The number of rotatable bonds is 5. The Balaban J connectivity index is 2.08. The summed E-state index contributed by atoms with van der Waals surface area (Å²) in [6, 6.07) is 2.71. The molecule has 9 nitrogen and oxygen atoms in total. The Hall–Kier alpha value is -3.95. The first-order valence-corrected chi connectivity index (χ1v) is 10.6. The lowest BCUT2D eigenvalue weighted by Crippen LogP contribution is -2.43. The lowest BCUT2D eigenvalue weighted by Gasteiger charge is -2.45. The van der Waals surface area contributed by atoms with E-state index in [9.17, 15) is 25.0 Å². The van der Waals surface area contributed by atoms with Crippen molar-refractivity contribution in [2.75, 3.05) is 7.11 Å². The number of non-ortho nitro benzene ring substituents is 2. The monoisotopic (exact) mass is 464 g/mol. The van der Waals surface area contributed by atoms with Crippen molar-refractivity contribution in [3.8, 4) is 23.7 Å². The largest absolute Gasteiger partial charge is 0.441 e. The van der Waals surface area contributed by atoms with E-state index < -0.39 is 38.7 Å². The number of esters is 1. The van der Waals surface area contributed by atoms with Gasteiger partial charge in [0.1, 0.15) is 6.10 Å². The Morgan fingerprint density at radius 1 is 1.06 bits per heavy atom. The van der Waals surface area contributed by atoms with Crippen molar-refractivity contribution >= 4 is 17.3 Å². The van der Waals surface area contributed by atoms with Gasteiger partial charge in [-0.3, -0.25) is 20.2 Å². The summed E-state index contributed by atoms with van der Waals surface area (Å²) in [6.07, 6.45) is 3.36. The summed E-state index contributed by atoms with van der Waals surface area (Å²) in [7, 11) is 1.60. The normalized spacial score (nSPS) is 23.8. The molecule has 0 amide bonds. The predicted molar refractivity (Wildman–Crippen MR) is 124 cm³/mol. The van der Waals surface area contributed by atoms with Gasteiger partial charge in [0, 0.05) is 25.2 Å². The Kier molecular flexibility index (Phi) is 7.19. The Morgan fingerprint density at radius 2 is 1.65 bits per heavy atom. The molecule has 0 N–H and O–H groups in total. The van der Waals surface area contributed by atoms with Crippen molar-refractivity contribution in [2.45, 2.75) is 45.8 Å². The molecule has 0 radical (unpaired) electrons. The summed E-state index contributed by atoms with van der Waals surface area (Å²) in [5, 5.41) is 22.5. The molecule has 0 spiro atoms. The minimum absolute atomic E-state index is 0.00268. The van der Waals surface area contributed by atoms with E-state index >= 15 is 0 Å². The van der Waals surface area contributed by atoms with Crippen molar-refractivity contribution in [3.05, 3.63) is 67.3 Å². The number of nitro groups is 2. The van der Waals surface area contributed by atoms with Crippen LogP contribution in [0.1, 0.15) is 44.0 Å². The van der Waals surface area contributed by atoms with Gasteiger partial charge in [-0.1, -0.05) is 37.2 Å². The number of fused-ring (bicyclic) bond motifs is 2. The van der Waals surface area contributed by atoms with E-state index in [0.717, 1.165) is 42.2 Å². The van der Waals surface area contributed by atoms with Crippen LogP contribution in [0.15, 0.2) is 41.5 Å². The standard InChI is InChI=1S/C25H24N2O7/c1-16-11-12-20-21(33-4)9-7-5-6-8-10-22(23(16)25(20,2)3)34-24(28)17-13-18(26(29)30)15-19(14-17)27(31)32/h5-6,13-15,20-22H,11-12H2,1-4H3/b6-5-/t20-,21+,22-/m0/s1. The van der Waals surface area contributed by atoms with Gasteiger partial charge in [0.15, 0.2) is 6.10 Å². The molecule has 0 heterocycles. The van der Waals surface area contributed by atoms with E-state index in [-0.39, 0.29) is 17.6 Å². The lowest BCUT2D eigenvalue weighted by atomic mass is 9.62. The van der Waals surface area contributed by atoms with E-state index in [1.807, 2.05) is 20.8 Å². The zero-order valence-corrected chi connectivity index (χ0v) is 19.3. The average Bonchev–Trinajstić information content (AvgIpc) is 2.78. The highest BCUT2D eigenvalue weighted by molar-refractivity contribution is 5.91. The van der Waals surface area contributed by atoms with Gasteiger partial charge in [-0.25, -0.2) is 4.79 Å². The molecule has 0 saturated carbocycles. The fraction of sp³-hybridized carbons (Fsp3) is 0.400. The van der Waals surface area contributed by atoms with Crippen LogP contribution in [0.5, 0.6) is 0 Å². The summed E-state index contributed by atoms with van der Waals surface area (Å²) in [5.41, 5.74) is -0.129. The summed E-state index contributed by atoms with van der Waals surface area (Å²) in [4.78, 5) is 33.9. The topological polar surface area (TPSA) is 122 Å². The summed E-state index contributed by atoms with van der Waals surface area (Å²) in [5.74, 6) is 10.9. The molecule has 0 unspecified atom stereocenters. The number of ether oxygens (including phenoxy) is 2. The second-order valence-electron chi connectivity index (χ2n) is 8.67. The van der Waals surface area contributed by atoms with E-state index in [0.29, 0.717) is 0 Å². The van der Waals surface area contributed by atoms with Crippen LogP contribution in [0.4, 0.5) is 11.4 Å². The number of carbonyl (C=O) groups is 1. The molecular formula is C25H24N2O7. The Bertz CT molecular complexity index is 1190. The molecule has 0 fully saturated rings. The molecule has 9 heteroatoms. The summed E-state index contributed by atoms with van der Waals surface area (Å²) < 4.78 is 11.4. The van der Waals surface area contributed by atoms with Crippen molar-refractivity contribution in [1.29, 1.82) is 0 Å². The molecule has 2 aliphatic carbocycles. The molecule has 2 bridgehead atoms. The SMILES string of the molecule is CO[C@@H]1C#C/C=C\C#C[C@H](OC(=O)c2cc([N+](=O)[O-])cc([N+](=O)[O-])c2)C2=C(C)CC[C@@H]1C2(C)C. The first kappa shape index (κ1) is 24.7. The van der Waals surface area contributed by atoms with Crippen LogP contribution in [0.2, 0.25) is 0 Å². The number of methoxy groups -OCH3 is 1. The number of benzene rings is 1. The number of nitrogens with zero attached hydrogens (tertiary/aromatic N) is 2. The maximum Gasteiger partial charge on any atom is 0.340 e. The van der Waals surface area contributed by atoms with Crippen LogP contribution < -0.4 is 0 Å². The molecule has 0 aromatic heterocycles.